The summed E-state index contributed by atoms with van der Waals surface area (Å²) in [6, 6.07) is 5.79. The number of phenols is 1. The van der Waals surface area contributed by atoms with Gasteiger partial charge in [0.05, 0.1) is 6.61 Å². The van der Waals surface area contributed by atoms with Gasteiger partial charge in [0.15, 0.2) is 0 Å². The van der Waals surface area contributed by atoms with Crippen molar-refractivity contribution in [1.82, 2.24) is 0 Å². The molecule has 0 aliphatic heterocycles. The predicted molar refractivity (Wildman–Crippen MR) is 59.9 cm³/mol. The summed E-state index contributed by atoms with van der Waals surface area (Å²) in [5.74, 6) is 1.24. The number of rotatable bonds is 5. The summed E-state index contributed by atoms with van der Waals surface area (Å²) in [5.41, 5.74) is 2.24. The standard InChI is InChI=1S/C13H18O2/c1-2-15-9-11-5-6-13(14)12(8-11)7-10-3-4-10/h5-6,8,10,14H,2-4,7,9H2,1H3. The maximum absolute atomic E-state index is 9.70. The summed E-state index contributed by atoms with van der Waals surface area (Å²) in [5, 5.41) is 9.70. The van der Waals surface area contributed by atoms with Crippen LogP contribution < -0.4 is 0 Å². The molecule has 0 spiro atoms. The van der Waals surface area contributed by atoms with Crippen LogP contribution in [0.5, 0.6) is 5.75 Å². The molecule has 0 atom stereocenters. The molecule has 82 valence electrons. The summed E-state index contributed by atoms with van der Waals surface area (Å²) >= 11 is 0. The van der Waals surface area contributed by atoms with Crippen molar-refractivity contribution in [2.24, 2.45) is 5.92 Å². The molecule has 0 saturated heterocycles. The monoisotopic (exact) mass is 206 g/mol. The second-order valence-electron chi connectivity index (χ2n) is 4.25. The van der Waals surface area contributed by atoms with Crippen LogP contribution in [0.4, 0.5) is 0 Å². The highest BCUT2D eigenvalue weighted by molar-refractivity contribution is 5.36. The van der Waals surface area contributed by atoms with Gasteiger partial charge in [-0.15, -0.1) is 0 Å². The minimum absolute atomic E-state index is 0.433. The summed E-state index contributed by atoms with van der Waals surface area (Å²) in [6.45, 7) is 3.37. The zero-order valence-electron chi connectivity index (χ0n) is 9.20. The molecule has 0 aromatic heterocycles. The maximum Gasteiger partial charge on any atom is 0.118 e. The molecule has 1 N–H and O–H groups in total. The van der Waals surface area contributed by atoms with Crippen molar-refractivity contribution in [2.45, 2.75) is 32.8 Å². The van der Waals surface area contributed by atoms with Gasteiger partial charge >= 0.3 is 0 Å². The summed E-state index contributed by atoms with van der Waals surface area (Å²) < 4.78 is 5.35. The van der Waals surface area contributed by atoms with Gasteiger partial charge in [0, 0.05) is 6.61 Å². The minimum atomic E-state index is 0.433. The molecule has 1 aromatic carbocycles. The highest BCUT2D eigenvalue weighted by atomic mass is 16.5. The highest BCUT2D eigenvalue weighted by Crippen LogP contribution is 2.35. The van der Waals surface area contributed by atoms with E-state index >= 15 is 0 Å². The molecular formula is C13H18O2. The topological polar surface area (TPSA) is 29.5 Å². The average molecular weight is 206 g/mol. The Morgan fingerprint density at radius 2 is 2.20 bits per heavy atom. The maximum atomic E-state index is 9.70. The van der Waals surface area contributed by atoms with Crippen molar-refractivity contribution in [2.75, 3.05) is 6.61 Å². The van der Waals surface area contributed by atoms with Crippen molar-refractivity contribution < 1.29 is 9.84 Å². The van der Waals surface area contributed by atoms with Crippen LogP contribution in [-0.2, 0) is 17.8 Å². The lowest BCUT2D eigenvalue weighted by Crippen LogP contribution is -1.95. The molecule has 1 saturated carbocycles. The van der Waals surface area contributed by atoms with E-state index in [1.54, 1.807) is 6.07 Å². The Bertz CT molecular complexity index is 329. The van der Waals surface area contributed by atoms with Gasteiger partial charge in [-0.05, 0) is 55.4 Å². The summed E-state index contributed by atoms with van der Waals surface area (Å²) in [4.78, 5) is 0. The summed E-state index contributed by atoms with van der Waals surface area (Å²) in [7, 11) is 0. The number of benzene rings is 1. The van der Waals surface area contributed by atoms with Gasteiger partial charge in [0.25, 0.3) is 0 Å². The van der Waals surface area contributed by atoms with Crippen LogP contribution in [0, 0.1) is 5.92 Å². The van der Waals surface area contributed by atoms with Crippen LogP contribution in [0.3, 0.4) is 0 Å². The SMILES string of the molecule is CCOCc1ccc(O)c(CC2CC2)c1. The van der Waals surface area contributed by atoms with Crippen molar-refractivity contribution in [3.05, 3.63) is 29.3 Å². The Hall–Kier alpha value is -1.02. The van der Waals surface area contributed by atoms with E-state index < -0.39 is 0 Å². The molecule has 0 heterocycles. The van der Waals surface area contributed by atoms with Gasteiger partial charge in [-0.1, -0.05) is 6.07 Å². The van der Waals surface area contributed by atoms with Crippen LogP contribution in [-0.4, -0.2) is 11.7 Å². The van der Waals surface area contributed by atoms with Gasteiger partial charge in [-0.25, -0.2) is 0 Å². The molecule has 0 amide bonds. The van der Waals surface area contributed by atoms with E-state index in [0.29, 0.717) is 12.4 Å². The van der Waals surface area contributed by atoms with E-state index in [1.807, 2.05) is 13.0 Å². The highest BCUT2D eigenvalue weighted by Gasteiger charge is 2.22. The average Bonchev–Trinajstić information content (AvgIpc) is 3.03. The quantitative estimate of drug-likeness (QED) is 0.802. The van der Waals surface area contributed by atoms with E-state index in [1.165, 1.54) is 12.8 Å². The lowest BCUT2D eigenvalue weighted by molar-refractivity contribution is 0.134. The fourth-order valence-electron chi connectivity index (χ4n) is 1.75. The lowest BCUT2D eigenvalue weighted by Gasteiger charge is -2.07. The molecule has 2 heteroatoms. The first kappa shape index (κ1) is 10.5. The fourth-order valence-corrected chi connectivity index (χ4v) is 1.75. The molecule has 15 heavy (non-hydrogen) atoms. The molecule has 2 nitrogen and oxygen atoms in total. The van der Waals surface area contributed by atoms with Gasteiger partial charge in [0.2, 0.25) is 0 Å². The van der Waals surface area contributed by atoms with Crippen LogP contribution in [0.2, 0.25) is 0 Å². The Morgan fingerprint density at radius 3 is 2.87 bits per heavy atom. The summed E-state index contributed by atoms with van der Waals surface area (Å²) in [6.07, 6.45) is 3.65. The van der Waals surface area contributed by atoms with Crippen LogP contribution >= 0.6 is 0 Å². The van der Waals surface area contributed by atoms with Gasteiger partial charge in [-0.2, -0.15) is 0 Å². The molecule has 1 aliphatic rings. The predicted octanol–water partition coefficient (Wildman–Crippen LogP) is 2.88. The first-order valence-electron chi connectivity index (χ1n) is 5.68. The normalized spacial score (nSPS) is 15.5. The molecular weight excluding hydrogens is 188 g/mol. The van der Waals surface area contributed by atoms with E-state index in [-0.39, 0.29) is 0 Å². The first-order valence-corrected chi connectivity index (χ1v) is 5.68. The number of aromatic hydroxyl groups is 1. The molecule has 1 fully saturated rings. The van der Waals surface area contributed by atoms with E-state index in [0.717, 1.165) is 30.1 Å². The second-order valence-corrected chi connectivity index (χ2v) is 4.25. The minimum Gasteiger partial charge on any atom is -0.508 e. The van der Waals surface area contributed by atoms with Crippen molar-refractivity contribution in [3.8, 4) is 5.75 Å². The lowest BCUT2D eigenvalue weighted by atomic mass is 10.0. The van der Waals surface area contributed by atoms with Crippen molar-refractivity contribution >= 4 is 0 Å². The van der Waals surface area contributed by atoms with Gasteiger partial charge in [-0.3, -0.25) is 0 Å². The van der Waals surface area contributed by atoms with E-state index in [9.17, 15) is 5.11 Å². The smallest absolute Gasteiger partial charge is 0.118 e. The van der Waals surface area contributed by atoms with Gasteiger partial charge < -0.3 is 9.84 Å². The van der Waals surface area contributed by atoms with Crippen molar-refractivity contribution in [3.63, 3.8) is 0 Å². The Kier molecular flexibility index (Phi) is 3.27. The number of hydrogen-bond acceptors (Lipinski definition) is 2. The Labute approximate surface area is 90.9 Å². The largest absolute Gasteiger partial charge is 0.508 e. The fraction of sp³-hybridized carbons (Fsp3) is 0.538. The molecule has 2 rings (SSSR count). The second kappa shape index (κ2) is 4.67. The number of ether oxygens (including phenoxy) is 1. The van der Waals surface area contributed by atoms with Crippen molar-refractivity contribution in [1.29, 1.82) is 0 Å². The van der Waals surface area contributed by atoms with E-state index in [4.69, 9.17) is 4.74 Å². The zero-order valence-corrected chi connectivity index (χ0v) is 9.20. The molecule has 0 radical (unpaired) electrons. The number of phenolic OH excluding ortho intramolecular Hbond substituents is 1. The van der Waals surface area contributed by atoms with Crippen LogP contribution in [0.1, 0.15) is 30.9 Å². The molecule has 1 aliphatic carbocycles. The van der Waals surface area contributed by atoms with Crippen LogP contribution in [0.15, 0.2) is 18.2 Å². The van der Waals surface area contributed by atoms with Crippen LogP contribution in [0.25, 0.3) is 0 Å². The number of hydrogen-bond donors (Lipinski definition) is 1. The molecule has 0 unspecified atom stereocenters. The van der Waals surface area contributed by atoms with E-state index in [2.05, 4.69) is 6.07 Å². The first-order chi connectivity index (χ1) is 7.29. The Morgan fingerprint density at radius 1 is 1.40 bits per heavy atom. The Balaban J connectivity index is 2.05. The zero-order chi connectivity index (χ0) is 10.7. The third-order valence-electron chi connectivity index (χ3n) is 2.82. The van der Waals surface area contributed by atoms with Gasteiger partial charge in [0.1, 0.15) is 5.75 Å². The molecule has 1 aromatic rings. The molecule has 0 bridgehead atoms. The third-order valence-corrected chi connectivity index (χ3v) is 2.82. The third kappa shape index (κ3) is 2.96.